The molecular formula is C24H18F2N2O2. The fourth-order valence-electron chi connectivity index (χ4n) is 3.41. The Morgan fingerprint density at radius 3 is 2.40 bits per heavy atom. The summed E-state index contributed by atoms with van der Waals surface area (Å²) in [5.41, 5.74) is 1.87. The molecule has 4 rings (SSSR count). The minimum absolute atomic E-state index is 0.202. The summed E-state index contributed by atoms with van der Waals surface area (Å²) in [4.78, 5) is 25.5. The lowest BCUT2D eigenvalue weighted by Crippen LogP contribution is -2.23. The molecule has 4 nitrogen and oxygen atoms in total. The van der Waals surface area contributed by atoms with Crippen molar-refractivity contribution in [2.75, 3.05) is 5.32 Å². The highest BCUT2D eigenvalue weighted by atomic mass is 19.1. The first-order valence-corrected chi connectivity index (χ1v) is 9.38. The molecule has 1 heterocycles. The fraction of sp³-hybridized carbons (Fsp3) is 0.0833. The lowest BCUT2D eigenvalue weighted by Gasteiger charge is -2.08. The van der Waals surface area contributed by atoms with Crippen molar-refractivity contribution in [3.05, 3.63) is 101 Å². The number of aromatic nitrogens is 1. The van der Waals surface area contributed by atoms with Gasteiger partial charge in [-0.1, -0.05) is 42.5 Å². The van der Waals surface area contributed by atoms with Gasteiger partial charge in [0.25, 0.3) is 11.7 Å². The average molecular weight is 404 g/mol. The van der Waals surface area contributed by atoms with Crippen LogP contribution in [0.1, 0.15) is 21.5 Å². The number of Topliss-reactive ketones (excluding diaryl/α,β-unsaturated/α-hetero) is 1. The summed E-state index contributed by atoms with van der Waals surface area (Å²) in [6, 6.07) is 17.8. The highest BCUT2D eigenvalue weighted by molar-refractivity contribution is 6.48. The van der Waals surface area contributed by atoms with Gasteiger partial charge < -0.3 is 9.88 Å². The Labute approximate surface area is 171 Å². The summed E-state index contributed by atoms with van der Waals surface area (Å²) in [6.07, 6.45) is 1.55. The molecule has 0 unspecified atom stereocenters. The molecule has 30 heavy (non-hydrogen) atoms. The van der Waals surface area contributed by atoms with Gasteiger partial charge in [-0.05, 0) is 31.2 Å². The molecule has 0 aliphatic rings. The second-order valence-corrected chi connectivity index (χ2v) is 6.97. The van der Waals surface area contributed by atoms with Crippen molar-refractivity contribution in [3.8, 4) is 0 Å². The first kappa shape index (κ1) is 19.5. The topological polar surface area (TPSA) is 51.1 Å². The number of nitrogens with zero attached hydrogens (tertiary/aromatic N) is 1. The summed E-state index contributed by atoms with van der Waals surface area (Å²) in [6.45, 7) is 1.74. The SMILES string of the molecule is Cc1c(F)cccc1NC(=O)C(=O)c1cn(Cc2ccccc2F)c2ccccc12. The molecule has 1 amide bonds. The van der Waals surface area contributed by atoms with Crippen LogP contribution in [0.3, 0.4) is 0 Å². The molecule has 0 aliphatic carbocycles. The summed E-state index contributed by atoms with van der Waals surface area (Å²) in [7, 11) is 0. The Balaban J connectivity index is 1.68. The van der Waals surface area contributed by atoms with Crippen molar-refractivity contribution in [3.63, 3.8) is 0 Å². The highest BCUT2D eigenvalue weighted by Crippen LogP contribution is 2.24. The molecule has 0 aliphatic heterocycles. The van der Waals surface area contributed by atoms with Gasteiger partial charge in [-0.15, -0.1) is 0 Å². The van der Waals surface area contributed by atoms with Gasteiger partial charge in [-0.25, -0.2) is 8.78 Å². The van der Waals surface area contributed by atoms with Gasteiger partial charge in [-0.3, -0.25) is 9.59 Å². The number of para-hydroxylation sites is 1. The van der Waals surface area contributed by atoms with Crippen molar-refractivity contribution in [1.29, 1.82) is 0 Å². The third-order valence-electron chi connectivity index (χ3n) is 5.05. The Morgan fingerprint density at radius 1 is 0.900 bits per heavy atom. The smallest absolute Gasteiger partial charge is 0.296 e. The van der Waals surface area contributed by atoms with E-state index >= 15 is 0 Å². The van der Waals surface area contributed by atoms with Crippen LogP contribution >= 0.6 is 0 Å². The van der Waals surface area contributed by atoms with Crippen LogP contribution in [-0.2, 0) is 11.3 Å². The molecule has 0 saturated heterocycles. The minimum atomic E-state index is -0.863. The van der Waals surface area contributed by atoms with Gasteiger partial charge in [0.15, 0.2) is 0 Å². The van der Waals surface area contributed by atoms with Crippen LogP contribution in [0.4, 0.5) is 14.5 Å². The zero-order valence-corrected chi connectivity index (χ0v) is 16.2. The monoisotopic (exact) mass is 404 g/mol. The first-order valence-electron chi connectivity index (χ1n) is 9.38. The number of hydrogen-bond acceptors (Lipinski definition) is 2. The molecule has 0 spiro atoms. The standard InChI is InChI=1S/C24H18F2N2O2/c1-15-19(25)10-6-11-21(15)27-24(30)23(29)18-14-28(22-12-5-3-8-17(18)22)13-16-7-2-4-9-20(16)26/h2-12,14H,13H2,1H3,(H,27,30). The van der Waals surface area contributed by atoms with E-state index in [1.54, 1.807) is 41.1 Å². The van der Waals surface area contributed by atoms with E-state index in [-0.39, 0.29) is 29.2 Å². The van der Waals surface area contributed by atoms with E-state index < -0.39 is 17.5 Å². The largest absolute Gasteiger partial charge is 0.342 e. The fourth-order valence-corrected chi connectivity index (χ4v) is 3.41. The Hall–Kier alpha value is -3.80. The number of carbonyl (C=O) groups is 2. The van der Waals surface area contributed by atoms with E-state index in [4.69, 9.17) is 0 Å². The van der Waals surface area contributed by atoms with Crippen LogP contribution in [-0.4, -0.2) is 16.3 Å². The normalized spacial score (nSPS) is 10.9. The lowest BCUT2D eigenvalue weighted by atomic mass is 10.1. The van der Waals surface area contributed by atoms with Crippen LogP contribution in [0.2, 0.25) is 0 Å². The Morgan fingerprint density at radius 2 is 1.60 bits per heavy atom. The van der Waals surface area contributed by atoms with E-state index in [9.17, 15) is 18.4 Å². The predicted octanol–water partition coefficient (Wildman–Crippen LogP) is 5.10. The van der Waals surface area contributed by atoms with E-state index in [2.05, 4.69) is 5.32 Å². The first-order chi connectivity index (χ1) is 14.5. The quantitative estimate of drug-likeness (QED) is 0.372. The number of ketones is 1. The van der Waals surface area contributed by atoms with Gasteiger partial charge >= 0.3 is 0 Å². The summed E-state index contributed by atoms with van der Waals surface area (Å²) >= 11 is 0. The van der Waals surface area contributed by atoms with Crippen molar-refractivity contribution in [1.82, 2.24) is 4.57 Å². The van der Waals surface area contributed by atoms with Crippen molar-refractivity contribution < 1.29 is 18.4 Å². The Bertz CT molecular complexity index is 1280. The van der Waals surface area contributed by atoms with Crippen LogP contribution in [0, 0.1) is 18.6 Å². The molecule has 0 saturated carbocycles. The zero-order valence-electron chi connectivity index (χ0n) is 16.2. The molecule has 0 fully saturated rings. The molecule has 150 valence electrons. The number of nitrogens with one attached hydrogen (secondary N) is 1. The maximum absolute atomic E-state index is 14.1. The van der Waals surface area contributed by atoms with E-state index in [1.807, 2.05) is 12.1 Å². The number of carbonyl (C=O) groups excluding carboxylic acids is 2. The molecular weight excluding hydrogens is 386 g/mol. The van der Waals surface area contributed by atoms with Gasteiger partial charge in [0.2, 0.25) is 0 Å². The van der Waals surface area contributed by atoms with Crippen LogP contribution in [0.5, 0.6) is 0 Å². The van der Waals surface area contributed by atoms with E-state index in [1.165, 1.54) is 31.2 Å². The third kappa shape index (κ3) is 3.59. The minimum Gasteiger partial charge on any atom is -0.342 e. The molecule has 0 atom stereocenters. The van der Waals surface area contributed by atoms with Crippen molar-refractivity contribution >= 4 is 28.3 Å². The number of halogens is 2. The maximum atomic E-state index is 14.1. The second-order valence-electron chi connectivity index (χ2n) is 6.97. The second kappa shape index (κ2) is 7.91. The number of fused-ring (bicyclic) bond motifs is 1. The Kier molecular flexibility index (Phi) is 5.14. The highest BCUT2D eigenvalue weighted by Gasteiger charge is 2.22. The van der Waals surface area contributed by atoms with Crippen LogP contribution < -0.4 is 5.32 Å². The lowest BCUT2D eigenvalue weighted by molar-refractivity contribution is -0.112. The number of hydrogen-bond donors (Lipinski definition) is 1. The van der Waals surface area contributed by atoms with Crippen molar-refractivity contribution in [2.45, 2.75) is 13.5 Å². The van der Waals surface area contributed by atoms with Gasteiger partial charge in [0.05, 0.1) is 12.1 Å². The number of benzene rings is 3. The summed E-state index contributed by atoms with van der Waals surface area (Å²) in [5.74, 6) is -2.43. The number of rotatable bonds is 5. The third-order valence-corrected chi connectivity index (χ3v) is 5.05. The summed E-state index contributed by atoms with van der Waals surface area (Å²) < 4.78 is 29.6. The van der Waals surface area contributed by atoms with Crippen LogP contribution in [0.15, 0.2) is 72.9 Å². The molecule has 4 aromatic rings. The average Bonchev–Trinajstić information content (AvgIpc) is 3.11. The zero-order chi connectivity index (χ0) is 21.3. The molecule has 3 aromatic carbocycles. The molecule has 1 aromatic heterocycles. The number of anilines is 1. The molecule has 6 heteroatoms. The molecule has 0 bridgehead atoms. The summed E-state index contributed by atoms with van der Waals surface area (Å²) in [5, 5.41) is 3.07. The van der Waals surface area contributed by atoms with Gasteiger partial charge in [-0.2, -0.15) is 0 Å². The van der Waals surface area contributed by atoms with E-state index in [0.717, 1.165) is 0 Å². The molecule has 1 N–H and O–H groups in total. The van der Waals surface area contributed by atoms with Crippen molar-refractivity contribution in [2.24, 2.45) is 0 Å². The van der Waals surface area contributed by atoms with Crippen LogP contribution in [0.25, 0.3) is 10.9 Å². The van der Waals surface area contributed by atoms with Gasteiger partial charge in [0.1, 0.15) is 11.6 Å². The van der Waals surface area contributed by atoms with E-state index in [0.29, 0.717) is 16.5 Å². The number of amides is 1. The predicted molar refractivity (Wildman–Crippen MR) is 112 cm³/mol. The maximum Gasteiger partial charge on any atom is 0.296 e. The van der Waals surface area contributed by atoms with Gasteiger partial charge in [0, 0.05) is 33.9 Å². The molecule has 0 radical (unpaired) electrons.